The van der Waals surface area contributed by atoms with E-state index in [0.29, 0.717) is 19.4 Å². The molecule has 56 heavy (non-hydrogen) atoms. The molecule has 0 radical (unpaired) electrons. The van der Waals surface area contributed by atoms with E-state index in [2.05, 4.69) is 106 Å². The van der Waals surface area contributed by atoms with Gasteiger partial charge in [-0.1, -0.05) is 183 Å². The van der Waals surface area contributed by atoms with Gasteiger partial charge in [0.15, 0.2) is 6.10 Å². The standard InChI is InChI=1S/C51H86O5/c1-4-7-10-13-16-18-20-22-24-25-26-27-28-29-31-33-36-38-41-44-50(52)55-48-49(56-51(53)45-42-39-35-15-12-9-6-3)47-54-46-43-40-37-34-32-30-23-21-19-17-14-11-8-5-2/h7-8,10-11,16-19,22-24,26-27,30,49H,4-6,9,12-15,20-21,25,28-29,31-48H2,1-3H3/b10-7-,11-8-,18-16-,19-17-,24-22-,27-26-,30-23-. The van der Waals surface area contributed by atoms with Gasteiger partial charge in [0.25, 0.3) is 0 Å². The molecule has 0 saturated carbocycles. The van der Waals surface area contributed by atoms with Gasteiger partial charge in [0, 0.05) is 19.4 Å². The fourth-order valence-electron chi connectivity index (χ4n) is 6.04. The zero-order chi connectivity index (χ0) is 40.7. The van der Waals surface area contributed by atoms with E-state index in [1.807, 2.05) is 0 Å². The van der Waals surface area contributed by atoms with Gasteiger partial charge < -0.3 is 14.2 Å². The van der Waals surface area contributed by atoms with Crippen LogP contribution in [0.1, 0.15) is 201 Å². The summed E-state index contributed by atoms with van der Waals surface area (Å²) in [5.74, 6) is -0.436. The third-order valence-electron chi connectivity index (χ3n) is 9.43. The summed E-state index contributed by atoms with van der Waals surface area (Å²) in [4.78, 5) is 25.2. The Morgan fingerprint density at radius 2 is 0.804 bits per heavy atom. The Morgan fingerprint density at radius 1 is 0.411 bits per heavy atom. The predicted octanol–water partition coefficient (Wildman–Crippen LogP) is 15.3. The third kappa shape index (κ3) is 43.8. The van der Waals surface area contributed by atoms with Crippen molar-refractivity contribution in [3.05, 3.63) is 85.1 Å². The van der Waals surface area contributed by atoms with Gasteiger partial charge in [-0.25, -0.2) is 0 Å². The van der Waals surface area contributed by atoms with Crippen LogP contribution in [0.2, 0.25) is 0 Å². The van der Waals surface area contributed by atoms with Crippen molar-refractivity contribution in [1.29, 1.82) is 0 Å². The zero-order valence-electron chi connectivity index (χ0n) is 36.6. The van der Waals surface area contributed by atoms with E-state index in [1.165, 1.54) is 57.8 Å². The van der Waals surface area contributed by atoms with Gasteiger partial charge in [0.05, 0.1) is 6.61 Å². The second kappa shape index (κ2) is 46.5. The molecule has 320 valence electrons. The van der Waals surface area contributed by atoms with Crippen LogP contribution in [0.3, 0.4) is 0 Å². The normalized spacial score (nSPS) is 13.0. The van der Waals surface area contributed by atoms with Crippen molar-refractivity contribution in [1.82, 2.24) is 0 Å². The van der Waals surface area contributed by atoms with Crippen molar-refractivity contribution in [2.45, 2.75) is 207 Å². The average molecular weight is 779 g/mol. The number of unbranched alkanes of at least 4 members (excludes halogenated alkanes) is 16. The number of carbonyl (C=O) groups is 2. The van der Waals surface area contributed by atoms with Crippen molar-refractivity contribution in [3.8, 4) is 0 Å². The summed E-state index contributed by atoms with van der Waals surface area (Å²) in [7, 11) is 0. The monoisotopic (exact) mass is 779 g/mol. The Bertz CT molecular complexity index is 1060. The highest BCUT2D eigenvalue weighted by Gasteiger charge is 2.17. The van der Waals surface area contributed by atoms with Gasteiger partial charge in [0.2, 0.25) is 0 Å². The molecule has 0 aromatic carbocycles. The van der Waals surface area contributed by atoms with E-state index < -0.39 is 6.10 Å². The molecule has 0 amide bonds. The maximum Gasteiger partial charge on any atom is 0.306 e. The highest BCUT2D eigenvalue weighted by atomic mass is 16.6. The first-order valence-electron chi connectivity index (χ1n) is 23.1. The largest absolute Gasteiger partial charge is 0.462 e. The first-order chi connectivity index (χ1) is 27.6. The number of rotatable bonds is 41. The molecule has 1 atom stereocenters. The molecular weight excluding hydrogens is 693 g/mol. The minimum Gasteiger partial charge on any atom is -0.462 e. The summed E-state index contributed by atoms with van der Waals surface area (Å²) in [6.45, 7) is 7.49. The zero-order valence-corrected chi connectivity index (χ0v) is 36.6. The van der Waals surface area contributed by atoms with Gasteiger partial charge in [-0.15, -0.1) is 0 Å². The molecule has 0 spiro atoms. The van der Waals surface area contributed by atoms with Crippen LogP contribution >= 0.6 is 0 Å². The molecule has 0 aromatic rings. The number of hydrogen-bond acceptors (Lipinski definition) is 5. The predicted molar refractivity (Wildman–Crippen MR) is 242 cm³/mol. The molecule has 0 aliphatic carbocycles. The molecule has 0 aliphatic rings. The number of carbonyl (C=O) groups excluding carboxylic acids is 2. The minimum absolute atomic E-state index is 0.0653. The summed E-state index contributed by atoms with van der Waals surface area (Å²) in [5, 5.41) is 0. The van der Waals surface area contributed by atoms with Crippen LogP contribution in [0.4, 0.5) is 0 Å². The van der Waals surface area contributed by atoms with Crippen molar-refractivity contribution in [2.24, 2.45) is 0 Å². The van der Waals surface area contributed by atoms with Crippen LogP contribution in [0.15, 0.2) is 85.1 Å². The summed E-state index contributed by atoms with van der Waals surface area (Å²) in [6, 6.07) is 0. The molecular formula is C51H86O5. The molecule has 0 fully saturated rings. The fourth-order valence-corrected chi connectivity index (χ4v) is 6.04. The maximum atomic E-state index is 12.6. The second-order valence-corrected chi connectivity index (χ2v) is 14.9. The van der Waals surface area contributed by atoms with E-state index in [4.69, 9.17) is 14.2 Å². The molecule has 5 nitrogen and oxygen atoms in total. The first kappa shape index (κ1) is 53.1. The van der Waals surface area contributed by atoms with E-state index in [1.54, 1.807) is 0 Å². The quantitative estimate of drug-likeness (QED) is 0.0351. The van der Waals surface area contributed by atoms with E-state index in [0.717, 1.165) is 109 Å². The number of ether oxygens (including phenoxy) is 3. The summed E-state index contributed by atoms with van der Waals surface area (Å²) >= 11 is 0. The van der Waals surface area contributed by atoms with Gasteiger partial charge >= 0.3 is 11.9 Å². The smallest absolute Gasteiger partial charge is 0.306 e. The molecule has 0 N–H and O–H groups in total. The lowest BCUT2D eigenvalue weighted by atomic mass is 10.1. The van der Waals surface area contributed by atoms with E-state index >= 15 is 0 Å². The minimum atomic E-state index is -0.553. The lowest BCUT2D eigenvalue weighted by molar-refractivity contribution is -0.163. The van der Waals surface area contributed by atoms with Gasteiger partial charge in [-0.3, -0.25) is 9.59 Å². The molecule has 0 heterocycles. The van der Waals surface area contributed by atoms with Gasteiger partial charge in [-0.2, -0.15) is 0 Å². The summed E-state index contributed by atoms with van der Waals surface area (Å²) < 4.78 is 17.2. The molecule has 0 saturated heterocycles. The molecule has 1 unspecified atom stereocenters. The summed E-state index contributed by atoms with van der Waals surface area (Å²) in [6.07, 6.45) is 60.2. The number of allylic oxidation sites excluding steroid dienone is 14. The van der Waals surface area contributed by atoms with Crippen LogP contribution in [0.25, 0.3) is 0 Å². The van der Waals surface area contributed by atoms with Crippen molar-refractivity contribution in [2.75, 3.05) is 19.8 Å². The van der Waals surface area contributed by atoms with Crippen molar-refractivity contribution < 1.29 is 23.8 Å². The first-order valence-corrected chi connectivity index (χ1v) is 23.1. The highest BCUT2D eigenvalue weighted by molar-refractivity contribution is 5.70. The molecule has 0 aromatic heterocycles. The van der Waals surface area contributed by atoms with Crippen LogP contribution in [-0.4, -0.2) is 37.9 Å². The van der Waals surface area contributed by atoms with Gasteiger partial charge in [-0.05, 0) is 89.9 Å². The topological polar surface area (TPSA) is 61.8 Å². The SMILES string of the molecule is CC/C=C\C/C=C\C/C=C\C/C=C\CCCCCCCCC(=O)OCC(COCCCCCC/C=C\C/C=C\C/C=C\CC)OC(=O)CCCCCCCCC. The Labute approximate surface area is 346 Å². The van der Waals surface area contributed by atoms with E-state index in [9.17, 15) is 9.59 Å². The molecule has 0 bridgehead atoms. The van der Waals surface area contributed by atoms with Crippen LogP contribution in [0.5, 0.6) is 0 Å². The molecule has 5 heteroatoms. The van der Waals surface area contributed by atoms with Gasteiger partial charge in [0.1, 0.15) is 6.61 Å². The lowest BCUT2D eigenvalue weighted by Crippen LogP contribution is -2.30. The summed E-state index contributed by atoms with van der Waals surface area (Å²) in [5.41, 5.74) is 0. The van der Waals surface area contributed by atoms with Crippen molar-refractivity contribution in [3.63, 3.8) is 0 Å². The van der Waals surface area contributed by atoms with E-state index in [-0.39, 0.29) is 25.2 Å². The number of hydrogen-bond donors (Lipinski definition) is 0. The van der Waals surface area contributed by atoms with Crippen LogP contribution < -0.4 is 0 Å². The molecule has 0 aliphatic heterocycles. The Morgan fingerprint density at radius 3 is 1.29 bits per heavy atom. The number of esters is 2. The second-order valence-electron chi connectivity index (χ2n) is 14.9. The fraction of sp³-hybridized carbons (Fsp3) is 0.686. The lowest BCUT2D eigenvalue weighted by Gasteiger charge is -2.18. The van der Waals surface area contributed by atoms with Crippen molar-refractivity contribution >= 4 is 11.9 Å². The van der Waals surface area contributed by atoms with Crippen LogP contribution in [0, 0.1) is 0 Å². The Hall–Kier alpha value is -2.92. The molecule has 0 rings (SSSR count). The Kier molecular flexibility index (Phi) is 44.0. The third-order valence-corrected chi connectivity index (χ3v) is 9.43. The highest BCUT2D eigenvalue weighted by Crippen LogP contribution is 2.12. The maximum absolute atomic E-state index is 12.6. The Balaban J connectivity index is 4.20. The average Bonchev–Trinajstić information content (AvgIpc) is 3.20. The van der Waals surface area contributed by atoms with Crippen LogP contribution in [-0.2, 0) is 23.8 Å².